The Hall–Kier alpha value is -2.59. The Kier molecular flexibility index (Phi) is 9.13. The molecule has 1 aromatic carbocycles. The molecule has 200 valence electrons. The average Bonchev–Trinajstić information content (AvgIpc) is 3.46. The van der Waals surface area contributed by atoms with Gasteiger partial charge in [0.25, 0.3) is 0 Å². The van der Waals surface area contributed by atoms with Crippen molar-refractivity contribution in [3.05, 3.63) is 45.2 Å². The van der Waals surface area contributed by atoms with Gasteiger partial charge in [-0.15, -0.1) is 0 Å². The van der Waals surface area contributed by atoms with Crippen molar-refractivity contribution in [1.82, 2.24) is 25.2 Å². The number of aliphatic hydroxyl groups is 1. The highest BCUT2D eigenvalue weighted by atomic mass is 35.5. The van der Waals surface area contributed by atoms with Crippen molar-refractivity contribution in [2.45, 2.75) is 51.1 Å². The summed E-state index contributed by atoms with van der Waals surface area (Å²) in [6.45, 7) is 1.51. The van der Waals surface area contributed by atoms with E-state index in [0.29, 0.717) is 55.5 Å². The Morgan fingerprint density at radius 2 is 2.08 bits per heavy atom. The molecular formula is C26H33Cl2N5O4. The van der Waals surface area contributed by atoms with E-state index in [4.69, 9.17) is 23.2 Å². The maximum atomic E-state index is 12.2. The molecule has 9 nitrogen and oxygen atoms in total. The van der Waals surface area contributed by atoms with Crippen molar-refractivity contribution < 1.29 is 19.5 Å². The van der Waals surface area contributed by atoms with Crippen LogP contribution in [0.1, 0.15) is 55.0 Å². The van der Waals surface area contributed by atoms with Gasteiger partial charge in [-0.3, -0.25) is 9.59 Å². The van der Waals surface area contributed by atoms with Gasteiger partial charge < -0.3 is 30.1 Å². The lowest BCUT2D eigenvalue weighted by molar-refractivity contribution is -0.135. The third-order valence-corrected chi connectivity index (χ3v) is 7.90. The monoisotopic (exact) mass is 549 g/mol. The van der Waals surface area contributed by atoms with Crippen LogP contribution in [0.2, 0.25) is 10.0 Å². The van der Waals surface area contributed by atoms with Gasteiger partial charge in [-0.05, 0) is 30.5 Å². The minimum absolute atomic E-state index is 0.0144. The zero-order valence-electron chi connectivity index (χ0n) is 20.9. The van der Waals surface area contributed by atoms with E-state index < -0.39 is 6.61 Å². The molecule has 0 saturated heterocycles. The number of fused-ring (bicyclic) bond motifs is 3. The minimum atomic E-state index is -0.517. The van der Waals surface area contributed by atoms with Crippen LogP contribution in [0.25, 0.3) is 10.9 Å². The number of benzene rings is 1. The van der Waals surface area contributed by atoms with Crippen LogP contribution in [0.15, 0.2) is 18.3 Å². The summed E-state index contributed by atoms with van der Waals surface area (Å²) in [5, 5.41) is 18.3. The molecule has 0 aliphatic carbocycles. The van der Waals surface area contributed by atoms with Crippen molar-refractivity contribution in [1.29, 1.82) is 0 Å². The van der Waals surface area contributed by atoms with Crippen LogP contribution in [-0.2, 0) is 27.3 Å². The summed E-state index contributed by atoms with van der Waals surface area (Å²) in [6.07, 6.45) is 9.10. The van der Waals surface area contributed by atoms with Crippen LogP contribution in [-0.4, -0.2) is 76.4 Å². The van der Waals surface area contributed by atoms with E-state index in [-0.39, 0.29) is 17.9 Å². The number of nitrogens with one attached hydrogen (secondary N) is 2. The van der Waals surface area contributed by atoms with Crippen molar-refractivity contribution in [3.63, 3.8) is 0 Å². The second-order valence-corrected chi connectivity index (χ2v) is 10.2. The summed E-state index contributed by atoms with van der Waals surface area (Å²) >= 11 is 13.1. The second kappa shape index (κ2) is 12.3. The van der Waals surface area contributed by atoms with Crippen LogP contribution >= 0.6 is 23.2 Å². The lowest BCUT2D eigenvalue weighted by Crippen LogP contribution is -2.39. The fourth-order valence-corrected chi connectivity index (χ4v) is 5.52. The van der Waals surface area contributed by atoms with E-state index in [1.807, 2.05) is 24.3 Å². The number of carbonyl (C=O) groups is 3. The predicted molar refractivity (Wildman–Crippen MR) is 143 cm³/mol. The summed E-state index contributed by atoms with van der Waals surface area (Å²) in [6, 6.07) is 1.77. The van der Waals surface area contributed by atoms with E-state index >= 15 is 0 Å². The number of unbranched alkanes of at least 4 members (excludes halogenated alkanes) is 3. The number of rotatable bonds is 11. The normalized spacial score (nSPS) is 17.5. The lowest BCUT2D eigenvalue weighted by Gasteiger charge is -2.31. The highest BCUT2D eigenvalue weighted by Gasteiger charge is 2.31. The van der Waals surface area contributed by atoms with Gasteiger partial charge in [0.1, 0.15) is 12.9 Å². The van der Waals surface area contributed by atoms with Gasteiger partial charge in [-0.25, -0.2) is 5.01 Å². The standard InChI is InChI=1S/C26H33Cl2N5O4/c1-31-21(8-11-33(31)12-9-29-22(36)6-4-2-3-5-13-34)17-14-19(27)25(28)26-24(17)18-15-32(23(37)16-35)10-7-20(18)30-26/h8,11,13-14,21,30,35H,2-7,9-10,12,15-16H2,1H3,(H,29,36). The number of amides is 2. The van der Waals surface area contributed by atoms with Crippen LogP contribution in [0.4, 0.5) is 0 Å². The third-order valence-electron chi connectivity index (χ3n) is 7.12. The van der Waals surface area contributed by atoms with Crippen molar-refractivity contribution in [3.8, 4) is 0 Å². The lowest BCUT2D eigenvalue weighted by atomic mass is 9.96. The molecule has 2 aliphatic rings. The summed E-state index contributed by atoms with van der Waals surface area (Å²) in [5.41, 5.74) is 3.75. The molecule has 2 aromatic rings. The minimum Gasteiger partial charge on any atom is -0.387 e. The SMILES string of the molecule is CN1C(c2cc(Cl)c(Cl)c3[nH]c4c(c23)CN(C(=O)CO)CC4)C=CN1CCNC(=O)CCCCCC=O. The molecule has 0 spiro atoms. The van der Waals surface area contributed by atoms with Gasteiger partial charge in [0.2, 0.25) is 11.8 Å². The van der Waals surface area contributed by atoms with Gasteiger partial charge in [0.15, 0.2) is 0 Å². The van der Waals surface area contributed by atoms with Crippen molar-refractivity contribution in [2.75, 3.05) is 33.3 Å². The molecule has 1 aromatic heterocycles. The molecule has 1 atom stereocenters. The highest BCUT2D eigenvalue weighted by molar-refractivity contribution is 6.45. The number of H-pyrrole nitrogens is 1. The van der Waals surface area contributed by atoms with Crippen LogP contribution in [0, 0.1) is 0 Å². The third kappa shape index (κ3) is 5.95. The van der Waals surface area contributed by atoms with E-state index in [2.05, 4.69) is 21.4 Å². The smallest absolute Gasteiger partial charge is 0.248 e. The number of hydrazine groups is 1. The molecule has 4 rings (SSSR count). The van der Waals surface area contributed by atoms with E-state index in [1.165, 1.54) is 0 Å². The molecule has 2 aliphatic heterocycles. The topological polar surface area (TPSA) is 109 Å². The first kappa shape index (κ1) is 27.4. The molecule has 1 unspecified atom stereocenters. The molecule has 2 amide bonds. The highest BCUT2D eigenvalue weighted by Crippen LogP contribution is 2.43. The molecule has 11 heteroatoms. The van der Waals surface area contributed by atoms with Gasteiger partial charge in [0, 0.05) is 68.8 Å². The first-order valence-electron chi connectivity index (χ1n) is 12.6. The number of aldehydes is 1. The maximum Gasteiger partial charge on any atom is 0.248 e. The largest absolute Gasteiger partial charge is 0.387 e. The number of aliphatic hydroxyl groups excluding tert-OH is 1. The zero-order valence-corrected chi connectivity index (χ0v) is 22.4. The molecule has 37 heavy (non-hydrogen) atoms. The Morgan fingerprint density at radius 3 is 2.84 bits per heavy atom. The van der Waals surface area contributed by atoms with Crippen molar-refractivity contribution >= 4 is 52.2 Å². The number of likely N-dealkylation sites (N-methyl/N-ethyl adjacent to an activating group) is 1. The molecule has 0 fully saturated rings. The summed E-state index contributed by atoms with van der Waals surface area (Å²) in [4.78, 5) is 39.8. The molecule has 0 radical (unpaired) electrons. The Balaban J connectivity index is 1.45. The van der Waals surface area contributed by atoms with Gasteiger partial charge in [-0.2, -0.15) is 0 Å². The second-order valence-electron chi connectivity index (χ2n) is 9.46. The molecule has 3 N–H and O–H groups in total. The number of halogens is 2. The molecular weight excluding hydrogens is 517 g/mol. The van der Waals surface area contributed by atoms with E-state index in [9.17, 15) is 19.5 Å². The number of carbonyl (C=O) groups excluding carboxylic acids is 3. The first-order valence-corrected chi connectivity index (χ1v) is 13.4. The van der Waals surface area contributed by atoms with E-state index in [0.717, 1.165) is 53.3 Å². The quantitative estimate of drug-likeness (QED) is 0.293. The van der Waals surface area contributed by atoms with Crippen LogP contribution in [0.3, 0.4) is 0 Å². The van der Waals surface area contributed by atoms with Gasteiger partial charge in [-0.1, -0.05) is 29.6 Å². The maximum absolute atomic E-state index is 12.2. The van der Waals surface area contributed by atoms with Crippen LogP contribution in [0.5, 0.6) is 0 Å². The van der Waals surface area contributed by atoms with E-state index in [1.54, 1.807) is 4.90 Å². The molecule has 0 bridgehead atoms. The Morgan fingerprint density at radius 1 is 1.27 bits per heavy atom. The Labute approximate surface area is 226 Å². The number of aromatic nitrogens is 1. The summed E-state index contributed by atoms with van der Waals surface area (Å²) in [7, 11) is 1.98. The van der Waals surface area contributed by atoms with Crippen LogP contribution < -0.4 is 5.32 Å². The predicted octanol–water partition coefficient (Wildman–Crippen LogP) is 3.33. The molecule has 0 saturated carbocycles. The van der Waals surface area contributed by atoms with Crippen molar-refractivity contribution in [2.24, 2.45) is 0 Å². The zero-order chi connectivity index (χ0) is 26.5. The fourth-order valence-electron chi connectivity index (χ4n) is 5.11. The fraction of sp³-hybridized carbons (Fsp3) is 0.500. The number of aromatic amines is 1. The summed E-state index contributed by atoms with van der Waals surface area (Å²) in [5.74, 6) is -0.283. The molecule has 3 heterocycles. The average molecular weight is 550 g/mol. The van der Waals surface area contributed by atoms with Gasteiger partial charge in [0.05, 0.1) is 28.1 Å². The number of nitrogens with zero attached hydrogens (tertiary/aromatic N) is 3. The summed E-state index contributed by atoms with van der Waals surface area (Å²) < 4.78 is 0. The number of hydrogen-bond acceptors (Lipinski definition) is 6. The first-order chi connectivity index (χ1) is 17.8. The van der Waals surface area contributed by atoms with Gasteiger partial charge >= 0.3 is 0 Å². The number of hydrogen-bond donors (Lipinski definition) is 3. The Bertz CT molecular complexity index is 1200.